The van der Waals surface area contributed by atoms with Crippen LogP contribution in [0.2, 0.25) is 5.02 Å². The molecule has 1 unspecified atom stereocenters. The van der Waals surface area contributed by atoms with Gasteiger partial charge in [-0.1, -0.05) is 25.4 Å². The maximum atomic E-state index is 13.0. The smallest absolute Gasteiger partial charge is 0.255 e. The zero-order chi connectivity index (χ0) is 19.4. The van der Waals surface area contributed by atoms with Gasteiger partial charge in [0.15, 0.2) is 0 Å². The lowest BCUT2D eigenvalue weighted by Crippen LogP contribution is -2.49. The first-order chi connectivity index (χ1) is 12.9. The molecular weight excluding hydrogens is 399 g/mol. The van der Waals surface area contributed by atoms with Gasteiger partial charge in [0, 0.05) is 57.4 Å². The second-order valence-electron chi connectivity index (χ2n) is 7.82. The summed E-state index contributed by atoms with van der Waals surface area (Å²) < 4.78 is 0. The van der Waals surface area contributed by atoms with Crippen LogP contribution in [-0.2, 0) is 4.79 Å². The minimum Gasteiger partial charge on any atom is -0.337 e. The Balaban J connectivity index is 0.00000280. The maximum absolute atomic E-state index is 13.0. The highest BCUT2D eigenvalue weighted by Crippen LogP contribution is 2.25. The molecule has 2 heterocycles. The van der Waals surface area contributed by atoms with Gasteiger partial charge in [0.25, 0.3) is 5.91 Å². The van der Waals surface area contributed by atoms with Crippen LogP contribution in [0.3, 0.4) is 0 Å². The van der Waals surface area contributed by atoms with E-state index < -0.39 is 0 Å². The number of carbonyl (C=O) groups excluding carboxylic acids is 2. The molecule has 0 radical (unpaired) electrons. The number of amides is 2. The quantitative estimate of drug-likeness (QED) is 0.756. The van der Waals surface area contributed by atoms with E-state index in [1.807, 2.05) is 18.7 Å². The summed E-state index contributed by atoms with van der Waals surface area (Å²) >= 11 is 6.30. The zero-order valence-electron chi connectivity index (χ0n) is 16.5. The first kappa shape index (κ1) is 22.9. The Bertz CT molecular complexity index is 693. The van der Waals surface area contributed by atoms with Gasteiger partial charge in [0.05, 0.1) is 10.6 Å². The molecule has 0 aromatic heterocycles. The van der Waals surface area contributed by atoms with Gasteiger partial charge in [-0.2, -0.15) is 0 Å². The third-order valence-corrected chi connectivity index (χ3v) is 5.52. The monoisotopic (exact) mass is 428 g/mol. The van der Waals surface area contributed by atoms with Crippen LogP contribution >= 0.6 is 24.0 Å². The Morgan fingerprint density at radius 1 is 1.25 bits per heavy atom. The van der Waals surface area contributed by atoms with Crippen molar-refractivity contribution < 1.29 is 9.59 Å². The molecule has 156 valence electrons. The van der Waals surface area contributed by atoms with Crippen molar-refractivity contribution in [3.05, 3.63) is 28.8 Å². The number of nitrogens with one attached hydrogen (secondary N) is 2. The molecule has 2 saturated heterocycles. The molecule has 0 bridgehead atoms. The molecule has 3 rings (SSSR count). The second kappa shape index (κ2) is 10.4. The first-order valence-electron chi connectivity index (χ1n) is 9.77. The number of hydrogen-bond donors (Lipinski definition) is 2. The molecule has 0 spiro atoms. The van der Waals surface area contributed by atoms with E-state index in [0.717, 1.165) is 45.7 Å². The Morgan fingerprint density at radius 3 is 2.64 bits per heavy atom. The molecule has 2 amide bonds. The third-order valence-electron chi connectivity index (χ3n) is 5.19. The highest BCUT2D eigenvalue weighted by atomic mass is 35.5. The van der Waals surface area contributed by atoms with Crippen LogP contribution in [0.1, 0.15) is 37.0 Å². The van der Waals surface area contributed by atoms with Crippen LogP contribution in [0.4, 0.5) is 5.69 Å². The highest BCUT2D eigenvalue weighted by Gasteiger charge is 2.32. The molecule has 2 aliphatic rings. The lowest BCUT2D eigenvalue weighted by molar-refractivity contribution is -0.116. The van der Waals surface area contributed by atoms with Gasteiger partial charge >= 0.3 is 0 Å². The summed E-state index contributed by atoms with van der Waals surface area (Å²) in [7, 11) is 0. The predicted octanol–water partition coefficient (Wildman–Crippen LogP) is 2.87. The lowest BCUT2D eigenvalue weighted by atomic mass is 10.1. The van der Waals surface area contributed by atoms with E-state index >= 15 is 0 Å². The topological polar surface area (TPSA) is 64.7 Å². The minimum atomic E-state index is -0.0578. The van der Waals surface area contributed by atoms with Gasteiger partial charge in [-0.25, -0.2) is 0 Å². The van der Waals surface area contributed by atoms with Gasteiger partial charge in [0.1, 0.15) is 0 Å². The fourth-order valence-corrected chi connectivity index (χ4v) is 3.99. The first-order valence-corrected chi connectivity index (χ1v) is 10.2. The summed E-state index contributed by atoms with van der Waals surface area (Å²) in [4.78, 5) is 29.4. The Hall–Kier alpha value is -1.34. The molecule has 0 aliphatic carbocycles. The Morgan fingerprint density at radius 2 is 1.96 bits per heavy atom. The van der Waals surface area contributed by atoms with Crippen molar-refractivity contribution in [1.82, 2.24) is 15.1 Å². The SMILES string of the molecule is CC(C)CC(=O)Nc1ccc(Cl)c(C(=O)N2CCC(N3CCNCC3)C2)c1.Cl. The van der Waals surface area contributed by atoms with E-state index in [1.165, 1.54) is 0 Å². The lowest BCUT2D eigenvalue weighted by Gasteiger charge is -2.32. The second-order valence-corrected chi connectivity index (χ2v) is 8.23. The van der Waals surface area contributed by atoms with Crippen LogP contribution < -0.4 is 10.6 Å². The molecule has 1 aromatic carbocycles. The number of benzene rings is 1. The van der Waals surface area contributed by atoms with Crippen LogP contribution in [0.5, 0.6) is 0 Å². The largest absolute Gasteiger partial charge is 0.337 e. The van der Waals surface area contributed by atoms with Gasteiger partial charge < -0.3 is 15.5 Å². The van der Waals surface area contributed by atoms with Crippen molar-refractivity contribution in [2.75, 3.05) is 44.6 Å². The van der Waals surface area contributed by atoms with E-state index in [0.29, 0.717) is 28.7 Å². The van der Waals surface area contributed by atoms with Crippen molar-refractivity contribution in [1.29, 1.82) is 0 Å². The molecule has 1 atom stereocenters. The molecule has 2 N–H and O–H groups in total. The van der Waals surface area contributed by atoms with Crippen molar-refractivity contribution in [3.63, 3.8) is 0 Å². The van der Waals surface area contributed by atoms with E-state index in [2.05, 4.69) is 15.5 Å². The number of likely N-dealkylation sites (tertiary alicyclic amines) is 1. The predicted molar refractivity (Wildman–Crippen MR) is 116 cm³/mol. The number of nitrogens with zero attached hydrogens (tertiary/aromatic N) is 2. The average molecular weight is 429 g/mol. The molecular formula is C20H30Cl2N4O2. The molecule has 8 heteroatoms. The summed E-state index contributed by atoms with van der Waals surface area (Å²) in [6.07, 6.45) is 1.44. The molecule has 2 fully saturated rings. The summed E-state index contributed by atoms with van der Waals surface area (Å²) in [5.41, 5.74) is 1.08. The normalized spacial score (nSPS) is 20.1. The molecule has 1 aromatic rings. The number of halogens is 2. The van der Waals surface area contributed by atoms with Crippen molar-refractivity contribution in [2.24, 2.45) is 5.92 Å². The standard InChI is InChI=1S/C20H29ClN4O2.ClH/c1-14(2)11-19(26)23-15-3-4-18(21)17(12-15)20(27)25-8-5-16(13-25)24-9-6-22-7-10-24;/h3-4,12,14,16,22H,5-11,13H2,1-2H3,(H,23,26);1H. The molecule has 2 aliphatic heterocycles. The van der Waals surface area contributed by atoms with E-state index in [-0.39, 0.29) is 30.1 Å². The number of anilines is 1. The van der Waals surface area contributed by atoms with Crippen LogP contribution in [-0.4, -0.2) is 66.9 Å². The number of carbonyl (C=O) groups is 2. The fraction of sp³-hybridized carbons (Fsp3) is 0.600. The van der Waals surface area contributed by atoms with Crippen molar-refractivity contribution in [2.45, 2.75) is 32.7 Å². The van der Waals surface area contributed by atoms with Crippen LogP contribution in [0.15, 0.2) is 18.2 Å². The van der Waals surface area contributed by atoms with Gasteiger partial charge in [-0.3, -0.25) is 14.5 Å². The van der Waals surface area contributed by atoms with E-state index in [1.54, 1.807) is 18.2 Å². The summed E-state index contributed by atoms with van der Waals surface area (Å²) in [6, 6.07) is 5.54. The molecule has 0 saturated carbocycles. The van der Waals surface area contributed by atoms with Crippen molar-refractivity contribution in [3.8, 4) is 0 Å². The zero-order valence-corrected chi connectivity index (χ0v) is 18.1. The average Bonchev–Trinajstić information content (AvgIpc) is 3.13. The third kappa shape index (κ3) is 5.83. The van der Waals surface area contributed by atoms with Crippen LogP contribution in [0, 0.1) is 5.92 Å². The number of piperazine rings is 1. The maximum Gasteiger partial charge on any atom is 0.255 e. The number of rotatable bonds is 5. The van der Waals surface area contributed by atoms with Gasteiger partial charge in [-0.15, -0.1) is 12.4 Å². The van der Waals surface area contributed by atoms with E-state index in [4.69, 9.17) is 11.6 Å². The van der Waals surface area contributed by atoms with Crippen LogP contribution in [0.25, 0.3) is 0 Å². The highest BCUT2D eigenvalue weighted by molar-refractivity contribution is 6.34. The summed E-state index contributed by atoms with van der Waals surface area (Å²) in [5, 5.41) is 6.65. The molecule has 28 heavy (non-hydrogen) atoms. The van der Waals surface area contributed by atoms with E-state index in [9.17, 15) is 9.59 Å². The Kier molecular flexibility index (Phi) is 8.56. The Labute approximate surface area is 178 Å². The minimum absolute atomic E-state index is 0. The number of hydrogen-bond acceptors (Lipinski definition) is 4. The van der Waals surface area contributed by atoms with Gasteiger partial charge in [0.2, 0.25) is 5.91 Å². The summed E-state index contributed by atoms with van der Waals surface area (Å²) in [6.45, 7) is 9.56. The van der Waals surface area contributed by atoms with Gasteiger partial charge in [-0.05, 0) is 30.5 Å². The molecule has 6 nitrogen and oxygen atoms in total. The fourth-order valence-electron chi connectivity index (χ4n) is 3.79. The van der Waals surface area contributed by atoms with Crippen molar-refractivity contribution >= 4 is 41.5 Å². The summed E-state index contributed by atoms with van der Waals surface area (Å²) in [5.74, 6) is 0.174.